The Morgan fingerprint density at radius 2 is 1.70 bits per heavy atom. The normalized spacial score (nSPS) is 21.5. The molecule has 3 aliphatic rings. The molecule has 0 bridgehead atoms. The number of rotatable bonds is 9. The van der Waals surface area contributed by atoms with E-state index >= 15 is 0 Å². The number of hydrogen-bond acceptors (Lipinski definition) is 4. The monoisotopic (exact) mass is 736 g/mol. The fraction of sp³-hybridized carbons (Fsp3) is 0.372. The Balaban J connectivity index is 1.17. The second kappa shape index (κ2) is 14.5. The highest BCUT2D eigenvalue weighted by molar-refractivity contribution is 5.94. The third-order valence-corrected chi connectivity index (χ3v) is 11.7. The number of halogens is 3. The molecular weight excluding hydrogens is 693 g/mol. The molecule has 0 aliphatic carbocycles. The summed E-state index contributed by atoms with van der Waals surface area (Å²) >= 11 is 0. The van der Waals surface area contributed by atoms with Crippen LogP contribution in [0.25, 0.3) is 22.2 Å². The van der Waals surface area contributed by atoms with Gasteiger partial charge in [0, 0.05) is 60.7 Å². The number of aromatic nitrogens is 1. The van der Waals surface area contributed by atoms with E-state index in [-0.39, 0.29) is 31.2 Å². The van der Waals surface area contributed by atoms with Gasteiger partial charge in [0.05, 0.1) is 23.3 Å². The highest BCUT2D eigenvalue weighted by Crippen LogP contribution is 2.53. The van der Waals surface area contributed by atoms with Crippen LogP contribution in [-0.2, 0) is 45.5 Å². The van der Waals surface area contributed by atoms with Crippen LogP contribution in [0.15, 0.2) is 95.6 Å². The van der Waals surface area contributed by atoms with Gasteiger partial charge in [0.2, 0.25) is 17.7 Å². The number of nitrogens with zero attached hydrogens (tertiary/aromatic N) is 2. The maximum atomic E-state index is 15.0. The minimum Gasteiger partial charge on any atom is -0.464 e. The molecule has 8 nitrogen and oxygen atoms in total. The van der Waals surface area contributed by atoms with Crippen molar-refractivity contribution in [2.24, 2.45) is 11.8 Å². The van der Waals surface area contributed by atoms with Crippen LogP contribution in [0.2, 0.25) is 0 Å². The minimum absolute atomic E-state index is 0.00239. The largest absolute Gasteiger partial charge is 0.464 e. The summed E-state index contributed by atoms with van der Waals surface area (Å²) in [5.74, 6) is -1.29. The van der Waals surface area contributed by atoms with E-state index in [1.807, 2.05) is 46.2 Å². The number of H-pyrrole nitrogens is 1. The van der Waals surface area contributed by atoms with Crippen molar-refractivity contribution in [3.8, 4) is 11.3 Å². The topological polar surface area (TPSA) is 98.7 Å². The van der Waals surface area contributed by atoms with Crippen molar-refractivity contribution in [2.45, 2.75) is 69.6 Å². The lowest BCUT2D eigenvalue weighted by molar-refractivity contribution is -0.167. The number of hydrogen-bond donors (Lipinski definition) is 2. The van der Waals surface area contributed by atoms with Gasteiger partial charge in [0.1, 0.15) is 5.76 Å². The molecule has 3 aromatic carbocycles. The number of aryl methyl sites for hydroxylation is 1. The predicted molar refractivity (Wildman–Crippen MR) is 198 cm³/mol. The average molecular weight is 737 g/mol. The molecule has 5 heterocycles. The van der Waals surface area contributed by atoms with Crippen molar-refractivity contribution in [3.63, 3.8) is 0 Å². The number of furan rings is 1. The van der Waals surface area contributed by atoms with Crippen molar-refractivity contribution >= 4 is 28.6 Å². The Morgan fingerprint density at radius 3 is 2.46 bits per heavy atom. The van der Waals surface area contributed by atoms with Gasteiger partial charge in [-0.25, -0.2) is 0 Å². The van der Waals surface area contributed by atoms with Gasteiger partial charge in [0.15, 0.2) is 0 Å². The molecule has 11 heteroatoms. The van der Waals surface area contributed by atoms with Crippen LogP contribution in [0, 0.1) is 11.8 Å². The lowest BCUT2D eigenvalue weighted by Gasteiger charge is -2.56. The van der Waals surface area contributed by atoms with Gasteiger partial charge < -0.3 is 24.5 Å². The number of benzene rings is 3. The quantitative estimate of drug-likeness (QED) is 0.160. The first kappa shape index (κ1) is 35.7. The number of carbonyl (C=O) groups is 3. The van der Waals surface area contributed by atoms with Gasteiger partial charge >= 0.3 is 6.18 Å². The molecule has 8 rings (SSSR count). The summed E-state index contributed by atoms with van der Waals surface area (Å²) in [6.45, 7) is 1.57. The first-order chi connectivity index (χ1) is 26.1. The lowest BCUT2D eigenvalue weighted by Crippen LogP contribution is -2.66. The van der Waals surface area contributed by atoms with Crippen LogP contribution in [0.3, 0.4) is 0 Å². The molecule has 3 aliphatic heterocycles. The summed E-state index contributed by atoms with van der Waals surface area (Å²) in [5, 5.41) is 3.79. The molecule has 280 valence electrons. The fourth-order valence-corrected chi connectivity index (χ4v) is 9.09. The van der Waals surface area contributed by atoms with Crippen LogP contribution in [-0.4, -0.2) is 52.1 Å². The summed E-state index contributed by atoms with van der Waals surface area (Å²) < 4.78 is 45.7. The number of likely N-dealkylation sites (tertiary alicyclic amines) is 1. The number of alkyl halides is 3. The number of piperidine rings is 2. The fourth-order valence-electron chi connectivity index (χ4n) is 9.09. The standard InChI is InChI=1S/C43H43F3N4O4/c44-43(45,46)32-12-7-11-29(23-32)27-47-38(51)26-31-24-35(41(53)49-19-5-2-6-20-49)42(18-16-28-9-3-1-4-10-28)39-34(17-21-50(42)40(31)52)33-15-14-30(25-36(33)48-39)37-13-8-22-54-37/h1,3-4,7-15,22-23,25,31,35,48H,2,5-6,16-21,24,26-27H2,(H,47,51)/t31-,35-,42+/m1/s1. The minimum atomic E-state index is -4.50. The van der Waals surface area contributed by atoms with Gasteiger partial charge in [-0.3, -0.25) is 14.4 Å². The van der Waals surface area contributed by atoms with Crippen LogP contribution < -0.4 is 5.32 Å². The Hall–Kier alpha value is -5.32. The van der Waals surface area contributed by atoms with Crippen LogP contribution in [0.5, 0.6) is 0 Å². The zero-order valence-corrected chi connectivity index (χ0v) is 30.0. The molecule has 3 amide bonds. The van der Waals surface area contributed by atoms with Crippen molar-refractivity contribution < 1.29 is 32.0 Å². The van der Waals surface area contributed by atoms with E-state index < -0.39 is 35.0 Å². The third kappa shape index (κ3) is 6.69. The molecule has 2 fully saturated rings. The number of carbonyl (C=O) groups excluding carboxylic acids is 3. The molecule has 5 aromatic rings. The van der Waals surface area contributed by atoms with Gasteiger partial charge in [0.25, 0.3) is 0 Å². The van der Waals surface area contributed by atoms with Gasteiger partial charge in [-0.1, -0.05) is 54.6 Å². The summed E-state index contributed by atoms with van der Waals surface area (Å²) in [5.41, 5.74) is 3.42. The number of aromatic amines is 1. The molecule has 2 aromatic heterocycles. The maximum absolute atomic E-state index is 15.0. The van der Waals surface area contributed by atoms with Crippen LogP contribution in [0.1, 0.15) is 66.5 Å². The van der Waals surface area contributed by atoms with E-state index in [1.54, 1.807) is 6.26 Å². The zero-order valence-electron chi connectivity index (χ0n) is 30.0. The molecule has 0 radical (unpaired) electrons. The summed E-state index contributed by atoms with van der Waals surface area (Å²) in [6, 6.07) is 24.9. The Morgan fingerprint density at radius 1 is 0.907 bits per heavy atom. The van der Waals surface area contributed by atoms with Gasteiger partial charge in [-0.2, -0.15) is 13.2 Å². The molecular formula is C43H43F3N4O4. The Bertz CT molecular complexity index is 2160. The van der Waals surface area contributed by atoms with Crippen molar-refractivity contribution in [1.29, 1.82) is 0 Å². The first-order valence-electron chi connectivity index (χ1n) is 18.9. The van der Waals surface area contributed by atoms with Crippen molar-refractivity contribution in [1.82, 2.24) is 20.1 Å². The Labute approximate surface area is 311 Å². The first-order valence-corrected chi connectivity index (χ1v) is 18.9. The van der Waals surface area contributed by atoms with E-state index in [1.165, 1.54) is 12.1 Å². The van der Waals surface area contributed by atoms with Crippen molar-refractivity contribution in [2.75, 3.05) is 19.6 Å². The predicted octanol–water partition coefficient (Wildman–Crippen LogP) is 8.01. The smallest absolute Gasteiger partial charge is 0.416 e. The van der Waals surface area contributed by atoms with E-state index in [9.17, 15) is 27.6 Å². The number of fused-ring (bicyclic) bond motifs is 5. The summed E-state index contributed by atoms with van der Waals surface area (Å²) in [7, 11) is 0. The van der Waals surface area contributed by atoms with E-state index in [0.29, 0.717) is 44.5 Å². The molecule has 3 atom stereocenters. The maximum Gasteiger partial charge on any atom is 0.416 e. The molecule has 54 heavy (non-hydrogen) atoms. The highest BCUT2D eigenvalue weighted by atomic mass is 19.4. The number of amides is 3. The second-order valence-electron chi connectivity index (χ2n) is 14.9. The van der Waals surface area contributed by atoms with Crippen molar-refractivity contribution in [3.05, 3.63) is 119 Å². The lowest BCUT2D eigenvalue weighted by atomic mass is 9.64. The van der Waals surface area contributed by atoms with E-state index in [4.69, 9.17) is 4.42 Å². The molecule has 0 unspecified atom stereocenters. The SMILES string of the molecule is O=C(C[C@H]1C[C@H](C(=O)N2CCCCC2)[C@@]2(CCc3ccccc3)c3[nH]c4cc(-c5ccco5)ccc4c3CCN2C1=O)NCc1cccc(C(F)(F)F)c1. The highest BCUT2D eigenvalue weighted by Gasteiger charge is 2.59. The second-order valence-corrected chi connectivity index (χ2v) is 14.9. The summed E-state index contributed by atoms with van der Waals surface area (Å²) in [6.07, 6.45) is 1.74. The average Bonchev–Trinajstić information content (AvgIpc) is 3.87. The molecule has 0 saturated carbocycles. The van der Waals surface area contributed by atoms with E-state index in [0.717, 1.165) is 70.4 Å². The molecule has 2 N–H and O–H groups in total. The van der Waals surface area contributed by atoms with Gasteiger partial charge in [-0.05, 0) is 92.0 Å². The zero-order chi connectivity index (χ0) is 37.5. The summed E-state index contributed by atoms with van der Waals surface area (Å²) in [4.78, 5) is 50.8. The number of nitrogens with one attached hydrogen (secondary N) is 2. The van der Waals surface area contributed by atoms with Crippen LogP contribution >= 0.6 is 0 Å². The third-order valence-electron chi connectivity index (χ3n) is 11.7. The Kier molecular flexibility index (Phi) is 9.58. The molecule has 0 spiro atoms. The van der Waals surface area contributed by atoms with Crippen LogP contribution in [0.4, 0.5) is 13.2 Å². The molecule has 2 saturated heterocycles. The van der Waals surface area contributed by atoms with Gasteiger partial charge in [-0.15, -0.1) is 0 Å². The van der Waals surface area contributed by atoms with E-state index in [2.05, 4.69) is 34.6 Å².